The predicted molar refractivity (Wildman–Crippen MR) is 72.3 cm³/mol. The van der Waals surface area contributed by atoms with Crippen LogP contribution in [0, 0.1) is 5.92 Å². The van der Waals surface area contributed by atoms with E-state index < -0.39 is 11.7 Å². The Morgan fingerprint density at radius 3 is 2.70 bits per heavy atom. The highest BCUT2D eigenvalue weighted by Crippen LogP contribution is 2.36. The number of hydrogen-bond acceptors (Lipinski definition) is 3. The fraction of sp³-hybridized carbons (Fsp3) is 0.571. The molecule has 2 rings (SSSR count). The van der Waals surface area contributed by atoms with Gasteiger partial charge in [0.25, 0.3) is 0 Å². The van der Waals surface area contributed by atoms with Crippen molar-refractivity contribution in [1.82, 2.24) is 0 Å². The first-order valence-electron chi connectivity index (χ1n) is 6.75. The minimum Gasteiger partial charge on any atom is -0.399 e. The van der Waals surface area contributed by atoms with Crippen LogP contribution in [-0.4, -0.2) is 17.8 Å². The third-order valence-corrected chi connectivity index (χ3v) is 3.69. The summed E-state index contributed by atoms with van der Waals surface area (Å²) in [5.74, 6) is 0.206. The highest BCUT2D eigenvalue weighted by Gasteiger charge is 2.34. The van der Waals surface area contributed by atoms with Gasteiger partial charge in [-0.25, -0.2) is 0 Å². The van der Waals surface area contributed by atoms with Crippen LogP contribution < -0.4 is 11.1 Å². The molecule has 1 aromatic carbocycles. The number of nitrogen functional groups attached to an aromatic ring is 1. The Bertz CT molecular complexity index is 462. The summed E-state index contributed by atoms with van der Waals surface area (Å²) in [7, 11) is 0. The van der Waals surface area contributed by atoms with Gasteiger partial charge < -0.3 is 16.2 Å². The number of aliphatic hydroxyl groups is 1. The smallest absolute Gasteiger partial charge is 0.399 e. The molecule has 1 fully saturated rings. The zero-order valence-electron chi connectivity index (χ0n) is 11.1. The first kappa shape index (κ1) is 15.0. The van der Waals surface area contributed by atoms with Crippen molar-refractivity contribution < 1.29 is 18.3 Å². The second kappa shape index (κ2) is 5.91. The molecule has 1 saturated carbocycles. The molecule has 112 valence electrons. The zero-order chi connectivity index (χ0) is 14.8. The molecule has 0 spiro atoms. The average molecular weight is 288 g/mol. The summed E-state index contributed by atoms with van der Waals surface area (Å²) in [4.78, 5) is 0. The lowest BCUT2D eigenvalue weighted by Crippen LogP contribution is -2.25. The maximum absolute atomic E-state index is 12.9. The van der Waals surface area contributed by atoms with E-state index in [1.807, 2.05) is 0 Å². The largest absolute Gasteiger partial charge is 0.418 e. The van der Waals surface area contributed by atoms with Gasteiger partial charge in [-0.05, 0) is 43.4 Å². The van der Waals surface area contributed by atoms with Crippen LogP contribution in [-0.2, 0) is 6.18 Å². The van der Waals surface area contributed by atoms with Crippen LogP contribution in [0.5, 0.6) is 0 Å². The second-order valence-corrected chi connectivity index (χ2v) is 5.37. The summed E-state index contributed by atoms with van der Waals surface area (Å²) in [6.45, 7) is 0.435. The number of nitrogens with one attached hydrogen (secondary N) is 1. The van der Waals surface area contributed by atoms with E-state index in [4.69, 9.17) is 5.73 Å². The lowest BCUT2D eigenvalue weighted by molar-refractivity contribution is -0.136. The molecular formula is C14H19F3N2O. The van der Waals surface area contributed by atoms with Crippen LogP contribution in [0.2, 0.25) is 0 Å². The molecule has 1 aliphatic carbocycles. The number of nitrogens with two attached hydrogens (primary N) is 1. The summed E-state index contributed by atoms with van der Waals surface area (Å²) < 4.78 is 38.8. The minimum absolute atomic E-state index is 0.0479. The second-order valence-electron chi connectivity index (χ2n) is 5.37. The van der Waals surface area contributed by atoms with E-state index in [0.717, 1.165) is 25.3 Å². The van der Waals surface area contributed by atoms with Crippen LogP contribution in [0.1, 0.15) is 31.2 Å². The van der Waals surface area contributed by atoms with Gasteiger partial charge in [0.15, 0.2) is 0 Å². The molecule has 0 amide bonds. The normalized spacial score (nSPS) is 23.6. The van der Waals surface area contributed by atoms with E-state index in [2.05, 4.69) is 5.32 Å². The van der Waals surface area contributed by atoms with Crippen molar-refractivity contribution in [2.45, 2.75) is 38.0 Å². The molecule has 1 aromatic rings. The summed E-state index contributed by atoms with van der Waals surface area (Å²) >= 11 is 0. The van der Waals surface area contributed by atoms with Gasteiger partial charge in [-0.15, -0.1) is 0 Å². The maximum Gasteiger partial charge on any atom is 0.418 e. The van der Waals surface area contributed by atoms with E-state index in [-0.39, 0.29) is 23.4 Å². The molecule has 0 radical (unpaired) electrons. The van der Waals surface area contributed by atoms with Gasteiger partial charge in [-0.1, -0.05) is 6.42 Å². The van der Waals surface area contributed by atoms with Gasteiger partial charge in [0.2, 0.25) is 0 Å². The monoisotopic (exact) mass is 288 g/mol. The van der Waals surface area contributed by atoms with Crippen LogP contribution in [0.3, 0.4) is 0 Å². The van der Waals surface area contributed by atoms with Crippen LogP contribution in [0.4, 0.5) is 24.5 Å². The Balaban J connectivity index is 2.05. The highest BCUT2D eigenvalue weighted by atomic mass is 19.4. The van der Waals surface area contributed by atoms with Crippen molar-refractivity contribution in [3.05, 3.63) is 23.8 Å². The lowest BCUT2D eigenvalue weighted by Gasteiger charge is -2.27. The summed E-state index contributed by atoms with van der Waals surface area (Å²) in [5, 5.41) is 12.4. The number of anilines is 2. The fourth-order valence-electron chi connectivity index (χ4n) is 2.65. The van der Waals surface area contributed by atoms with Crippen LogP contribution >= 0.6 is 0 Å². The first-order chi connectivity index (χ1) is 9.36. The van der Waals surface area contributed by atoms with Gasteiger partial charge in [0.1, 0.15) is 0 Å². The van der Waals surface area contributed by atoms with Crippen LogP contribution in [0.15, 0.2) is 18.2 Å². The van der Waals surface area contributed by atoms with Gasteiger partial charge in [-0.3, -0.25) is 0 Å². The van der Waals surface area contributed by atoms with E-state index in [0.29, 0.717) is 13.0 Å². The molecule has 2 atom stereocenters. The SMILES string of the molecule is Nc1ccc(NCC2CCCC(O)C2)c(C(F)(F)F)c1. The summed E-state index contributed by atoms with van der Waals surface area (Å²) in [6, 6.07) is 3.75. The molecule has 3 nitrogen and oxygen atoms in total. The van der Waals surface area contributed by atoms with Gasteiger partial charge in [0, 0.05) is 17.9 Å². The number of hydrogen-bond donors (Lipinski definition) is 3. The molecular weight excluding hydrogens is 269 g/mol. The molecule has 2 unspecified atom stereocenters. The number of halogens is 3. The van der Waals surface area contributed by atoms with Crippen molar-refractivity contribution in [3.8, 4) is 0 Å². The van der Waals surface area contributed by atoms with Gasteiger partial charge >= 0.3 is 6.18 Å². The maximum atomic E-state index is 12.9. The summed E-state index contributed by atoms with van der Waals surface area (Å²) in [5.41, 5.74) is 4.82. The molecule has 0 aliphatic heterocycles. The average Bonchev–Trinajstić information content (AvgIpc) is 2.36. The van der Waals surface area contributed by atoms with E-state index in [1.54, 1.807) is 0 Å². The number of aliphatic hydroxyl groups excluding tert-OH is 1. The Kier molecular flexibility index (Phi) is 4.42. The lowest BCUT2D eigenvalue weighted by atomic mass is 9.87. The zero-order valence-corrected chi connectivity index (χ0v) is 11.1. The molecule has 1 aliphatic rings. The number of rotatable bonds is 3. The third-order valence-electron chi connectivity index (χ3n) is 3.69. The van der Waals surface area contributed by atoms with Crippen molar-refractivity contribution in [2.75, 3.05) is 17.6 Å². The molecule has 4 N–H and O–H groups in total. The molecule has 20 heavy (non-hydrogen) atoms. The Morgan fingerprint density at radius 2 is 2.05 bits per heavy atom. The van der Waals surface area contributed by atoms with Gasteiger partial charge in [0.05, 0.1) is 11.7 Å². The summed E-state index contributed by atoms with van der Waals surface area (Å²) in [6.07, 6.45) is -1.48. The Morgan fingerprint density at radius 1 is 1.30 bits per heavy atom. The molecule has 0 heterocycles. The van der Waals surface area contributed by atoms with Crippen LogP contribution in [0.25, 0.3) is 0 Å². The van der Waals surface area contributed by atoms with Gasteiger partial charge in [-0.2, -0.15) is 13.2 Å². The van der Waals surface area contributed by atoms with Crippen molar-refractivity contribution in [3.63, 3.8) is 0 Å². The quantitative estimate of drug-likeness (QED) is 0.748. The Labute approximate surface area is 116 Å². The molecule has 0 saturated heterocycles. The Hall–Kier alpha value is -1.43. The fourth-order valence-corrected chi connectivity index (χ4v) is 2.65. The standard InChI is InChI=1S/C14H19F3N2O/c15-14(16,17)12-7-10(18)4-5-13(12)19-8-9-2-1-3-11(20)6-9/h4-5,7,9,11,19-20H,1-3,6,8,18H2. The van der Waals surface area contributed by atoms with E-state index in [9.17, 15) is 18.3 Å². The third kappa shape index (κ3) is 3.79. The topological polar surface area (TPSA) is 58.3 Å². The number of benzene rings is 1. The van der Waals surface area contributed by atoms with Crippen molar-refractivity contribution in [2.24, 2.45) is 5.92 Å². The van der Waals surface area contributed by atoms with E-state index >= 15 is 0 Å². The number of alkyl halides is 3. The molecule has 6 heteroatoms. The minimum atomic E-state index is -4.43. The van der Waals surface area contributed by atoms with Crippen molar-refractivity contribution in [1.29, 1.82) is 0 Å². The molecule has 0 aromatic heterocycles. The van der Waals surface area contributed by atoms with Crippen molar-refractivity contribution >= 4 is 11.4 Å². The predicted octanol–water partition coefficient (Wildman–Crippen LogP) is 3.25. The highest BCUT2D eigenvalue weighted by molar-refractivity contribution is 5.59. The first-order valence-corrected chi connectivity index (χ1v) is 6.75. The van der Waals surface area contributed by atoms with E-state index in [1.165, 1.54) is 12.1 Å². The molecule has 0 bridgehead atoms.